The van der Waals surface area contributed by atoms with Gasteiger partial charge >= 0.3 is 5.97 Å². The Morgan fingerprint density at radius 3 is 2.00 bits per heavy atom. The summed E-state index contributed by atoms with van der Waals surface area (Å²) in [4.78, 5) is 16.9. The first-order valence-corrected chi connectivity index (χ1v) is 13.0. The summed E-state index contributed by atoms with van der Waals surface area (Å²) in [5, 5.41) is 0. The molecule has 0 spiro atoms. The Hall–Kier alpha value is -2.09. The summed E-state index contributed by atoms with van der Waals surface area (Å²) in [5.41, 5.74) is 0. The lowest BCUT2D eigenvalue weighted by atomic mass is 10.2. The predicted octanol–water partition coefficient (Wildman–Crippen LogP) is 5.36. The first-order valence-electron chi connectivity index (χ1n) is 9.79. The van der Waals surface area contributed by atoms with Crippen LogP contribution in [0.15, 0.2) is 97.3 Å². The third kappa shape index (κ3) is 4.73. The summed E-state index contributed by atoms with van der Waals surface area (Å²) < 4.78 is 23.3. The van der Waals surface area contributed by atoms with Crippen LogP contribution in [0.25, 0.3) is 0 Å². The molecule has 1 aliphatic rings. The maximum absolute atomic E-state index is 13.1. The van der Waals surface area contributed by atoms with Crippen LogP contribution in [-0.4, -0.2) is 27.7 Å². The van der Waals surface area contributed by atoms with E-state index in [1.165, 1.54) is 0 Å². The number of ether oxygens (including phenoxy) is 2. The molecule has 0 saturated heterocycles. The van der Waals surface area contributed by atoms with Crippen LogP contribution in [0.2, 0.25) is 0 Å². The minimum atomic E-state index is -1.17. The molecule has 160 valence electrons. The lowest BCUT2D eigenvalue weighted by Crippen LogP contribution is -2.28. The van der Waals surface area contributed by atoms with Crippen LogP contribution in [0.1, 0.15) is 13.8 Å². The van der Waals surface area contributed by atoms with E-state index in [9.17, 15) is 9.00 Å². The molecule has 4 rings (SSSR count). The Labute approximate surface area is 195 Å². The van der Waals surface area contributed by atoms with Crippen LogP contribution >= 0.6 is 15.9 Å². The molecule has 1 aliphatic heterocycles. The lowest BCUT2D eigenvalue weighted by molar-refractivity contribution is -0.146. The molecule has 31 heavy (non-hydrogen) atoms. The van der Waals surface area contributed by atoms with Gasteiger partial charge in [0.2, 0.25) is 0 Å². The Balaban J connectivity index is 1.52. The van der Waals surface area contributed by atoms with Crippen molar-refractivity contribution in [2.75, 3.05) is 13.2 Å². The van der Waals surface area contributed by atoms with E-state index in [4.69, 9.17) is 9.47 Å². The van der Waals surface area contributed by atoms with Crippen molar-refractivity contribution >= 4 is 43.6 Å². The molecule has 0 amide bonds. The van der Waals surface area contributed by atoms with Gasteiger partial charge in [0.15, 0.2) is 14.7 Å². The standard InChI is InChI=1S/C24H22BrO4S2/c1-24(2,25)23(26)29-16-15-28-17-11-13-18(14-12-17)30-19-7-3-5-9-21(19)31(27)22-10-6-4-8-20(22)30/h3-14H,15-16H2,1-2H3/q+1. The van der Waals surface area contributed by atoms with Crippen molar-refractivity contribution in [2.24, 2.45) is 0 Å². The van der Waals surface area contributed by atoms with Crippen molar-refractivity contribution in [2.45, 2.75) is 42.6 Å². The number of hydrogen-bond acceptors (Lipinski definition) is 4. The maximum Gasteiger partial charge on any atom is 0.322 e. The zero-order valence-electron chi connectivity index (χ0n) is 17.2. The summed E-state index contributed by atoms with van der Waals surface area (Å²) >= 11 is 3.28. The monoisotopic (exact) mass is 517 g/mol. The van der Waals surface area contributed by atoms with E-state index in [-0.39, 0.29) is 30.1 Å². The summed E-state index contributed by atoms with van der Waals surface area (Å²) in [5.74, 6) is 0.392. The first kappa shape index (κ1) is 22.1. The number of alkyl halides is 1. The fraction of sp³-hybridized carbons (Fsp3) is 0.208. The second kappa shape index (κ2) is 9.18. The van der Waals surface area contributed by atoms with Crippen molar-refractivity contribution < 1.29 is 18.5 Å². The molecule has 0 saturated carbocycles. The van der Waals surface area contributed by atoms with Gasteiger partial charge in [0.05, 0.1) is 20.6 Å². The Bertz CT molecular complexity index is 1070. The molecule has 0 aliphatic carbocycles. The van der Waals surface area contributed by atoms with E-state index in [2.05, 4.69) is 28.1 Å². The zero-order valence-corrected chi connectivity index (χ0v) is 20.4. The summed E-state index contributed by atoms with van der Waals surface area (Å²) in [6.45, 7) is 3.96. The minimum Gasteiger partial charge on any atom is -0.490 e. The topological polar surface area (TPSA) is 52.6 Å². The fourth-order valence-electron chi connectivity index (χ4n) is 3.17. The van der Waals surface area contributed by atoms with Crippen molar-refractivity contribution in [1.82, 2.24) is 0 Å². The van der Waals surface area contributed by atoms with Crippen LogP contribution in [0.3, 0.4) is 0 Å². The SMILES string of the molecule is CC(C)(Br)C(=O)OCCOc1ccc([S+]2c3ccccc3S(=O)c3ccccc32)cc1. The van der Waals surface area contributed by atoms with Crippen LogP contribution in [0.5, 0.6) is 5.75 Å². The van der Waals surface area contributed by atoms with E-state index in [1.807, 2.05) is 60.7 Å². The molecule has 0 fully saturated rings. The van der Waals surface area contributed by atoms with Crippen molar-refractivity contribution in [3.05, 3.63) is 72.8 Å². The van der Waals surface area contributed by atoms with Gasteiger partial charge in [-0.25, -0.2) is 4.21 Å². The van der Waals surface area contributed by atoms with Crippen LogP contribution in [0, 0.1) is 0 Å². The normalized spacial score (nSPS) is 17.4. The Kier molecular flexibility index (Phi) is 6.55. The van der Waals surface area contributed by atoms with E-state index in [0.29, 0.717) is 5.75 Å². The predicted molar refractivity (Wildman–Crippen MR) is 126 cm³/mol. The average Bonchev–Trinajstić information content (AvgIpc) is 2.77. The average molecular weight is 518 g/mol. The summed E-state index contributed by atoms with van der Waals surface area (Å²) in [6.07, 6.45) is 0. The summed E-state index contributed by atoms with van der Waals surface area (Å²) in [7, 11) is -1.50. The second-order valence-electron chi connectivity index (χ2n) is 7.40. The highest BCUT2D eigenvalue weighted by Crippen LogP contribution is 2.43. The molecule has 0 unspecified atom stereocenters. The van der Waals surface area contributed by atoms with Crippen LogP contribution < -0.4 is 4.74 Å². The van der Waals surface area contributed by atoms with Gasteiger partial charge in [-0.15, -0.1) is 0 Å². The Morgan fingerprint density at radius 1 is 0.903 bits per heavy atom. The highest BCUT2D eigenvalue weighted by Gasteiger charge is 2.40. The number of hydrogen-bond donors (Lipinski definition) is 0. The molecule has 1 heterocycles. The van der Waals surface area contributed by atoms with Gasteiger partial charge in [-0.1, -0.05) is 40.2 Å². The molecule has 3 aromatic carbocycles. The van der Waals surface area contributed by atoms with E-state index in [1.54, 1.807) is 13.8 Å². The third-order valence-corrected chi connectivity index (χ3v) is 9.10. The number of carbonyl (C=O) groups excluding carboxylic acids is 1. The lowest BCUT2D eigenvalue weighted by Gasteiger charge is -2.19. The molecule has 0 bridgehead atoms. The number of rotatable bonds is 6. The molecule has 0 aromatic heterocycles. The van der Waals surface area contributed by atoms with E-state index < -0.39 is 15.1 Å². The van der Waals surface area contributed by atoms with E-state index in [0.717, 1.165) is 24.5 Å². The number of carbonyl (C=O) groups is 1. The molecule has 0 N–H and O–H groups in total. The quantitative estimate of drug-likeness (QED) is 0.149. The van der Waals surface area contributed by atoms with Crippen molar-refractivity contribution in [1.29, 1.82) is 0 Å². The van der Waals surface area contributed by atoms with Gasteiger partial charge < -0.3 is 9.47 Å². The third-order valence-electron chi connectivity index (χ3n) is 4.67. The highest BCUT2D eigenvalue weighted by molar-refractivity contribution is 9.10. The fourth-order valence-corrected chi connectivity index (χ4v) is 7.50. The Morgan fingerprint density at radius 2 is 1.45 bits per heavy atom. The van der Waals surface area contributed by atoms with Gasteiger partial charge in [-0.2, -0.15) is 0 Å². The van der Waals surface area contributed by atoms with Gasteiger partial charge in [-0.3, -0.25) is 4.79 Å². The smallest absolute Gasteiger partial charge is 0.322 e. The van der Waals surface area contributed by atoms with Crippen molar-refractivity contribution in [3.8, 4) is 5.75 Å². The van der Waals surface area contributed by atoms with Crippen LogP contribution in [-0.2, 0) is 31.2 Å². The van der Waals surface area contributed by atoms with Crippen LogP contribution in [0.4, 0.5) is 0 Å². The largest absolute Gasteiger partial charge is 0.490 e. The van der Waals surface area contributed by atoms with E-state index >= 15 is 0 Å². The zero-order chi connectivity index (χ0) is 22.0. The molecular formula is C24H22BrO4S2+. The molecular weight excluding hydrogens is 496 g/mol. The molecule has 3 aromatic rings. The molecule has 4 nitrogen and oxygen atoms in total. The van der Waals surface area contributed by atoms with Gasteiger partial charge in [0.25, 0.3) is 0 Å². The number of benzene rings is 3. The maximum atomic E-state index is 13.1. The first-order chi connectivity index (χ1) is 14.9. The minimum absolute atomic E-state index is 0.187. The molecule has 0 radical (unpaired) electrons. The van der Waals surface area contributed by atoms with Gasteiger partial charge in [0, 0.05) is 0 Å². The molecule has 0 atom stereocenters. The number of esters is 1. The van der Waals surface area contributed by atoms with Gasteiger partial charge in [0.1, 0.15) is 34.2 Å². The van der Waals surface area contributed by atoms with Gasteiger partial charge in [-0.05, 0) is 62.4 Å². The number of halogens is 1. The molecule has 7 heteroatoms. The second-order valence-corrected chi connectivity index (χ2v) is 12.8. The van der Waals surface area contributed by atoms with Crippen molar-refractivity contribution in [3.63, 3.8) is 0 Å². The number of fused-ring (bicyclic) bond motifs is 2. The highest BCUT2D eigenvalue weighted by atomic mass is 79.9. The summed E-state index contributed by atoms with van der Waals surface area (Å²) in [6, 6.07) is 23.9.